The zero-order chi connectivity index (χ0) is 16.2. The van der Waals surface area contributed by atoms with Crippen LogP contribution in [0.15, 0.2) is 11.6 Å². The Bertz CT molecular complexity index is 563. The number of aliphatic hydroxyl groups is 1. The molecule has 23 heavy (non-hydrogen) atoms. The van der Waals surface area contributed by atoms with Crippen molar-refractivity contribution in [1.29, 1.82) is 0 Å². The molecule has 0 aromatic heterocycles. The van der Waals surface area contributed by atoms with Gasteiger partial charge in [-0.25, -0.2) is 0 Å². The molecule has 3 saturated carbocycles. The largest absolute Gasteiger partial charge is 0.389 e. The molecule has 4 aliphatic carbocycles. The van der Waals surface area contributed by atoms with E-state index in [1.807, 2.05) is 6.08 Å². The summed E-state index contributed by atoms with van der Waals surface area (Å²) in [7, 11) is 0. The summed E-state index contributed by atoms with van der Waals surface area (Å²) >= 11 is 0. The molecular weight excluding hydrogens is 288 g/mol. The van der Waals surface area contributed by atoms with Gasteiger partial charge in [-0.05, 0) is 80.1 Å². The first-order valence-electron chi connectivity index (χ1n) is 9.42. The minimum atomic E-state index is -0.283. The van der Waals surface area contributed by atoms with Gasteiger partial charge in [-0.15, -0.1) is 0 Å². The molecule has 4 rings (SSSR count). The van der Waals surface area contributed by atoms with Crippen molar-refractivity contribution in [3.05, 3.63) is 11.6 Å². The number of Topliss-reactive ketones (excluding diaryl/α,β-unsaturated/α-hetero) is 1. The van der Waals surface area contributed by atoms with E-state index in [1.165, 1.54) is 18.4 Å². The van der Waals surface area contributed by atoms with E-state index in [0.717, 1.165) is 38.0 Å². The van der Waals surface area contributed by atoms with Crippen LogP contribution >= 0.6 is 0 Å². The number of rotatable bonds is 2. The number of allylic oxidation sites excluding steroid dienone is 1. The SMILES string of the molecule is CC12CCC(=O)C=C1CCC1C3CCC(C(=O)CO)C3CCC12. The van der Waals surface area contributed by atoms with Gasteiger partial charge in [0.1, 0.15) is 6.61 Å². The Labute approximate surface area is 138 Å². The fourth-order valence-electron chi connectivity index (χ4n) is 6.73. The Morgan fingerprint density at radius 3 is 2.70 bits per heavy atom. The predicted molar refractivity (Wildman–Crippen MR) is 87.7 cm³/mol. The monoisotopic (exact) mass is 316 g/mol. The highest BCUT2D eigenvalue weighted by atomic mass is 16.3. The minimum Gasteiger partial charge on any atom is -0.389 e. The molecule has 0 spiro atoms. The number of carbonyl (C=O) groups is 2. The van der Waals surface area contributed by atoms with Gasteiger partial charge in [0, 0.05) is 12.3 Å². The molecule has 0 aromatic carbocycles. The lowest BCUT2D eigenvalue weighted by Crippen LogP contribution is -2.47. The molecule has 6 unspecified atom stereocenters. The normalized spacial score (nSPS) is 45.7. The van der Waals surface area contributed by atoms with Crippen molar-refractivity contribution in [2.45, 2.75) is 58.3 Å². The number of carbonyl (C=O) groups excluding carboxylic acids is 2. The van der Waals surface area contributed by atoms with Crippen LogP contribution in [-0.2, 0) is 9.59 Å². The van der Waals surface area contributed by atoms with Crippen LogP contribution in [0.5, 0.6) is 0 Å². The second kappa shape index (κ2) is 5.54. The molecule has 3 nitrogen and oxygen atoms in total. The average molecular weight is 316 g/mol. The number of ketones is 2. The molecule has 0 heterocycles. The van der Waals surface area contributed by atoms with Crippen molar-refractivity contribution in [1.82, 2.24) is 0 Å². The highest BCUT2D eigenvalue weighted by Gasteiger charge is 2.55. The molecule has 0 aliphatic heterocycles. The van der Waals surface area contributed by atoms with E-state index in [9.17, 15) is 14.7 Å². The summed E-state index contributed by atoms with van der Waals surface area (Å²) in [5, 5.41) is 9.25. The van der Waals surface area contributed by atoms with Crippen molar-refractivity contribution in [3.63, 3.8) is 0 Å². The maximum atomic E-state index is 12.1. The van der Waals surface area contributed by atoms with Gasteiger partial charge < -0.3 is 5.11 Å². The van der Waals surface area contributed by atoms with Gasteiger partial charge in [-0.2, -0.15) is 0 Å². The molecule has 0 amide bonds. The lowest BCUT2D eigenvalue weighted by molar-refractivity contribution is -0.128. The first kappa shape index (κ1) is 15.6. The maximum absolute atomic E-state index is 12.1. The standard InChI is InChI=1S/C20H28O3/c1-20-9-8-13(22)10-12(20)2-3-16-14-4-5-17(19(23)11-21)15(14)6-7-18(16)20/h10,14-18,21H,2-9,11H2,1H3. The Morgan fingerprint density at radius 2 is 1.91 bits per heavy atom. The van der Waals surface area contributed by atoms with E-state index in [2.05, 4.69) is 6.92 Å². The lowest BCUT2D eigenvalue weighted by Gasteiger charge is -2.55. The highest BCUT2D eigenvalue weighted by molar-refractivity contribution is 5.91. The van der Waals surface area contributed by atoms with Gasteiger partial charge in [0.2, 0.25) is 0 Å². The number of fused-ring (bicyclic) bond motifs is 5. The van der Waals surface area contributed by atoms with Crippen molar-refractivity contribution in [2.75, 3.05) is 6.61 Å². The summed E-state index contributed by atoms with van der Waals surface area (Å²) in [6, 6.07) is 0. The van der Waals surface area contributed by atoms with E-state index in [1.54, 1.807) is 0 Å². The fourth-order valence-corrected chi connectivity index (χ4v) is 6.73. The third-order valence-electron chi connectivity index (χ3n) is 7.85. The summed E-state index contributed by atoms with van der Waals surface area (Å²) in [6.07, 6.45) is 10.4. The summed E-state index contributed by atoms with van der Waals surface area (Å²) in [5.41, 5.74) is 1.63. The van der Waals surface area contributed by atoms with Crippen molar-refractivity contribution >= 4 is 11.6 Å². The summed E-state index contributed by atoms with van der Waals surface area (Å²) < 4.78 is 0. The Kier molecular flexibility index (Phi) is 3.75. The molecule has 0 saturated heterocycles. The number of hydrogen-bond donors (Lipinski definition) is 1. The highest BCUT2D eigenvalue weighted by Crippen LogP contribution is 2.62. The van der Waals surface area contributed by atoms with Gasteiger partial charge in [0.25, 0.3) is 0 Å². The fraction of sp³-hybridized carbons (Fsp3) is 0.800. The number of hydrogen-bond acceptors (Lipinski definition) is 3. The van der Waals surface area contributed by atoms with Crippen LogP contribution in [0.4, 0.5) is 0 Å². The zero-order valence-corrected chi connectivity index (χ0v) is 14.1. The maximum Gasteiger partial charge on any atom is 0.161 e. The van der Waals surface area contributed by atoms with E-state index < -0.39 is 0 Å². The van der Waals surface area contributed by atoms with E-state index in [-0.39, 0.29) is 23.7 Å². The topological polar surface area (TPSA) is 54.4 Å². The summed E-state index contributed by atoms with van der Waals surface area (Å²) in [5.74, 6) is 3.10. The Balaban J connectivity index is 1.60. The van der Waals surface area contributed by atoms with Crippen LogP contribution in [0.3, 0.4) is 0 Å². The average Bonchev–Trinajstić information content (AvgIpc) is 2.99. The van der Waals surface area contributed by atoms with E-state index >= 15 is 0 Å². The first-order valence-corrected chi connectivity index (χ1v) is 9.42. The van der Waals surface area contributed by atoms with Crippen molar-refractivity contribution in [3.8, 4) is 0 Å². The third kappa shape index (κ3) is 2.26. The smallest absolute Gasteiger partial charge is 0.161 e. The first-order chi connectivity index (χ1) is 11.0. The van der Waals surface area contributed by atoms with Crippen LogP contribution in [-0.4, -0.2) is 23.3 Å². The van der Waals surface area contributed by atoms with Gasteiger partial charge in [-0.3, -0.25) is 9.59 Å². The molecule has 3 heteroatoms. The van der Waals surface area contributed by atoms with Gasteiger partial charge in [0.15, 0.2) is 11.6 Å². The van der Waals surface area contributed by atoms with Crippen molar-refractivity contribution < 1.29 is 14.7 Å². The quantitative estimate of drug-likeness (QED) is 0.850. The van der Waals surface area contributed by atoms with Gasteiger partial charge in [-0.1, -0.05) is 12.5 Å². The summed E-state index contributed by atoms with van der Waals surface area (Å²) in [4.78, 5) is 23.9. The molecule has 0 aromatic rings. The molecule has 0 bridgehead atoms. The second-order valence-electron chi connectivity index (χ2n) is 8.58. The zero-order valence-electron chi connectivity index (χ0n) is 14.1. The van der Waals surface area contributed by atoms with Crippen molar-refractivity contribution in [2.24, 2.45) is 35.0 Å². The molecule has 4 aliphatic rings. The van der Waals surface area contributed by atoms with Crippen LogP contribution in [0.1, 0.15) is 58.3 Å². The minimum absolute atomic E-state index is 0.0711. The molecule has 1 N–H and O–H groups in total. The molecule has 3 fully saturated rings. The van der Waals surface area contributed by atoms with Crippen LogP contribution < -0.4 is 0 Å². The van der Waals surface area contributed by atoms with E-state index in [0.29, 0.717) is 30.0 Å². The van der Waals surface area contributed by atoms with E-state index in [4.69, 9.17) is 0 Å². The lowest BCUT2D eigenvalue weighted by atomic mass is 9.49. The van der Waals surface area contributed by atoms with Gasteiger partial charge >= 0.3 is 0 Å². The van der Waals surface area contributed by atoms with Crippen LogP contribution in [0.25, 0.3) is 0 Å². The summed E-state index contributed by atoms with van der Waals surface area (Å²) in [6.45, 7) is 2.11. The van der Waals surface area contributed by atoms with Crippen LogP contribution in [0, 0.1) is 35.0 Å². The Hall–Kier alpha value is -0.960. The third-order valence-corrected chi connectivity index (χ3v) is 7.85. The second-order valence-corrected chi connectivity index (χ2v) is 8.58. The predicted octanol–water partition coefficient (Wildman–Crippen LogP) is 3.31. The molecule has 126 valence electrons. The molecule has 0 radical (unpaired) electrons. The molecule has 6 atom stereocenters. The van der Waals surface area contributed by atoms with Gasteiger partial charge in [0.05, 0.1) is 0 Å². The molecular formula is C20H28O3. The number of aliphatic hydroxyl groups excluding tert-OH is 1. The van der Waals surface area contributed by atoms with Crippen LogP contribution in [0.2, 0.25) is 0 Å². The Morgan fingerprint density at radius 1 is 1.13 bits per heavy atom.